The Balaban J connectivity index is 1.97. The number of rotatable bonds is 4. The zero-order valence-electron chi connectivity index (χ0n) is 17.7. The monoisotopic (exact) mass is 456 g/mol. The average Bonchev–Trinajstić information content (AvgIpc) is 2.75. The lowest BCUT2D eigenvalue weighted by Gasteiger charge is -2.50. The molecule has 0 saturated heterocycles. The lowest BCUT2D eigenvalue weighted by atomic mass is 9.55. The first-order valence-corrected chi connectivity index (χ1v) is 10.3. The molecule has 1 saturated carbocycles. The van der Waals surface area contributed by atoms with Gasteiger partial charge in [0.25, 0.3) is 5.91 Å². The molecule has 1 amide bonds. The maximum atomic E-state index is 13.5. The topological polar surface area (TPSA) is 190 Å². The van der Waals surface area contributed by atoms with Gasteiger partial charge in [0.05, 0.1) is 17.4 Å². The number of nitrogens with one attached hydrogen (secondary N) is 1. The molecule has 0 aliphatic heterocycles. The van der Waals surface area contributed by atoms with Crippen LogP contribution in [-0.4, -0.2) is 61.3 Å². The van der Waals surface area contributed by atoms with Crippen molar-refractivity contribution in [3.8, 4) is 5.75 Å². The van der Waals surface area contributed by atoms with Crippen LogP contribution in [0.4, 0.5) is 5.69 Å². The number of nitrogens with two attached hydrogens (primary N) is 1. The van der Waals surface area contributed by atoms with Crippen LogP contribution in [0, 0.1) is 11.8 Å². The average molecular weight is 456 g/mol. The Morgan fingerprint density at radius 3 is 2.58 bits per heavy atom. The SMILES string of the molecule is C=CCNc1ccc2c(c1O)C(O)=C1C(=O)C3(O)C(O)=C(C(N)=O)C(=O)CC3C(O)C1C2C. The van der Waals surface area contributed by atoms with E-state index in [2.05, 4.69) is 11.9 Å². The van der Waals surface area contributed by atoms with E-state index >= 15 is 0 Å². The fraction of sp³-hybridized carbons (Fsp3) is 0.348. The summed E-state index contributed by atoms with van der Waals surface area (Å²) in [6.45, 7) is 5.56. The summed E-state index contributed by atoms with van der Waals surface area (Å²) in [6.07, 6.45) is -0.595. The first-order valence-electron chi connectivity index (χ1n) is 10.3. The summed E-state index contributed by atoms with van der Waals surface area (Å²) < 4.78 is 0. The fourth-order valence-corrected chi connectivity index (χ4v) is 5.32. The number of phenolic OH excluding ortho intramolecular Hbond substituents is 1. The molecule has 174 valence electrons. The van der Waals surface area contributed by atoms with Gasteiger partial charge in [-0.25, -0.2) is 0 Å². The number of phenols is 1. The van der Waals surface area contributed by atoms with E-state index in [9.17, 15) is 39.9 Å². The minimum Gasteiger partial charge on any atom is -0.508 e. The molecular formula is C23H24N2O8. The Morgan fingerprint density at radius 2 is 1.97 bits per heavy atom. The summed E-state index contributed by atoms with van der Waals surface area (Å²) in [6, 6.07) is 3.21. The van der Waals surface area contributed by atoms with Crippen molar-refractivity contribution in [2.24, 2.45) is 17.6 Å². The van der Waals surface area contributed by atoms with Crippen LogP contribution in [0.2, 0.25) is 0 Å². The predicted molar refractivity (Wildman–Crippen MR) is 116 cm³/mol. The largest absolute Gasteiger partial charge is 0.508 e. The van der Waals surface area contributed by atoms with Gasteiger partial charge in [0.2, 0.25) is 5.78 Å². The van der Waals surface area contributed by atoms with Crippen LogP contribution in [0.15, 0.2) is 41.7 Å². The molecule has 1 fully saturated rings. The van der Waals surface area contributed by atoms with Crippen LogP contribution in [0.3, 0.4) is 0 Å². The summed E-state index contributed by atoms with van der Waals surface area (Å²) in [5.41, 5.74) is 1.62. The number of hydrogen-bond acceptors (Lipinski definition) is 9. The van der Waals surface area contributed by atoms with Gasteiger partial charge in [-0.3, -0.25) is 14.4 Å². The van der Waals surface area contributed by atoms with Gasteiger partial charge in [0.15, 0.2) is 11.4 Å². The van der Waals surface area contributed by atoms with E-state index in [1.165, 1.54) is 0 Å². The second-order valence-electron chi connectivity index (χ2n) is 8.58. The number of hydrogen-bond donors (Lipinski definition) is 7. The number of ketones is 2. The lowest BCUT2D eigenvalue weighted by Crippen LogP contribution is -2.63. The Labute approximate surface area is 188 Å². The smallest absolute Gasteiger partial charge is 0.255 e. The van der Waals surface area contributed by atoms with Gasteiger partial charge in [0.1, 0.15) is 22.8 Å². The van der Waals surface area contributed by atoms with Gasteiger partial charge < -0.3 is 36.6 Å². The number of carbonyl (C=O) groups excluding carboxylic acids is 3. The number of amides is 1. The van der Waals surface area contributed by atoms with Crippen molar-refractivity contribution in [3.05, 3.63) is 52.8 Å². The molecule has 10 heteroatoms. The normalized spacial score (nSPS) is 31.0. The van der Waals surface area contributed by atoms with Crippen molar-refractivity contribution in [2.45, 2.75) is 31.0 Å². The third kappa shape index (κ3) is 2.84. The van der Waals surface area contributed by atoms with E-state index in [4.69, 9.17) is 5.73 Å². The van der Waals surface area contributed by atoms with Gasteiger partial charge in [-0.1, -0.05) is 19.1 Å². The highest BCUT2D eigenvalue weighted by Gasteiger charge is 2.64. The molecule has 3 aliphatic carbocycles. The Bertz CT molecular complexity index is 1180. The maximum Gasteiger partial charge on any atom is 0.255 e. The van der Waals surface area contributed by atoms with Crippen molar-refractivity contribution >= 4 is 28.9 Å². The molecule has 1 aromatic carbocycles. The van der Waals surface area contributed by atoms with Gasteiger partial charge in [-0.05, 0) is 17.5 Å². The number of aromatic hydroxyl groups is 1. The van der Waals surface area contributed by atoms with Gasteiger partial charge in [0, 0.05) is 30.4 Å². The zero-order valence-corrected chi connectivity index (χ0v) is 17.7. The Morgan fingerprint density at radius 1 is 1.30 bits per heavy atom. The third-order valence-electron chi connectivity index (χ3n) is 6.94. The van der Waals surface area contributed by atoms with Crippen molar-refractivity contribution < 1.29 is 39.9 Å². The fourth-order valence-electron chi connectivity index (χ4n) is 5.32. The number of carbonyl (C=O) groups is 3. The number of anilines is 1. The van der Waals surface area contributed by atoms with E-state index in [-0.39, 0.29) is 17.0 Å². The number of benzene rings is 1. The van der Waals surface area contributed by atoms with Crippen LogP contribution in [0.25, 0.3) is 5.76 Å². The van der Waals surface area contributed by atoms with E-state index < -0.39 is 76.0 Å². The molecular weight excluding hydrogens is 432 g/mol. The molecule has 3 aliphatic rings. The summed E-state index contributed by atoms with van der Waals surface area (Å²) >= 11 is 0. The van der Waals surface area contributed by atoms with Crippen LogP contribution in [0.5, 0.6) is 5.75 Å². The van der Waals surface area contributed by atoms with Gasteiger partial charge >= 0.3 is 0 Å². The minimum atomic E-state index is -2.84. The molecule has 8 N–H and O–H groups in total. The highest BCUT2D eigenvalue weighted by atomic mass is 16.4. The van der Waals surface area contributed by atoms with E-state index in [1.807, 2.05) is 0 Å². The summed E-state index contributed by atoms with van der Waals surface area (Å²) in [5, 5.41) is 57.8. The summed E-state index contributed by atoms with van der Waals surface area (Å²) in [4.78, 5) is 37.6. The van der Waals surface area contributed by atoms with Crippen molar-refractivity contribution in [1.29, 1.82) is 0 Å². The number of primary amides is 1. The van der Waals surface area contributed by atoms with E-state index in [1.54, 1.807) is 25.1 Å². The van der Waals surface area contributed by atoms with Crippen molar-refractivity contribution in [3.63, 3.8) is 0 Å². The molecule has 5 unspecified atom stereocenters. The first kappa shape index (κ1) is 22.6. The highest BCUT2D eigenvalue weighted by molar-refractivity contribution is 6.23. The Kier molecular flexibility index (Phi) is 5.10. The quantitative estimate of drug-likeness (QED) is 0.193. The number of fused-ring (bicyclic) bond motifs is 3. The molecule has 0 spiro atoms. The molecule has 5 atom stereocenters. The zero-order chi connectivity index (χ0) is 24.4. The van der Waals surface area contributed by atoms with Crippen LogP contribution >= 0.6 is 0 Å². The van der Waals surface area contributed by atoms with Gasteiger partial charge in [-0.2, -0.15) is 0 Å². The Hall–Kier alpha value is -3.63. The lowest BCUT2D eigenvalue weighted by molar-refractivity contribution is -0.160. The van der Waals surface area contributed by atoms with Gasteiger partial charge in [-0.15, -0.1) is 6.58 Å². The number of Topliss-reactive ketones (excluding diaryl/α,β-unsaturated/α-hetero) is 2. The molecule has 0 aromatic heterocycles. The number of aliphatic hydroxyl groups excluding tert-OH is 3. The minimum absolute atomic E-state index is 0.0594. The van der Waals surface area contributed by atoms with Crippen LogP contribution in [-0.2, 0) is 14.4 Å². The summed E-state index contributed by atoms with van der Waals surface area (Å²) in [5.74, 6) is -8.80. The summed E-state index contributed by atoms with van der Waals surface area (Å²) in [7, 11) is 0. The molecule has 4 rings (SSSR count). The second kappa shape index (κ2) is 7.46. The van der Waals surface area contributed by atoms with Crippen molar-refractivity contribution in [1.82, 2.24) is 0 Å². The first-order chi connectivity index (χ1) is 15.5. The highest BCUT2D eigenvalue weighted by Crippen LogP contribution is 2.56. The van der Waals surface area contributed by atoms with E-state index in [0.717, 1.165) is 0 Å². The van der Waals surface area contributed by atoms with Crippen molar-refractivity contribution in [2.75, 3.05) is 11.9 Å². The maximum absolute atomic E-state index is 13.5. The molecule has 0 bridgehead atoms. The van der Waals surface area contributed by atoms with Crippen LogP contribution < -0.4 is 11.1 Å². The molecule has 33 heavy (non-hydrogen) atoms. The molecule has 0 radical (unpaired) electrons. The standard InChI is InChI=1S/C23H24N2O8/c1-3-6-25-11-5-4-9-8(2)13-16(19(29)14(9)18(11)28)21(31)23(33)10(17(13)27)7-12(26)15(20(23)30)22(24)32/h3-5,8,10,13,17,25,27-30,33H,1,6-7H2,2H3,(H2,24,32). The number of aliphatic hydroxyl groups is 4. The third-order valence-corrected chi connectivity index (χ3v) is 6.94. The molecule has 0 heterocycles. The predicted octanol–water partition coefficient (Wildman–Crippen LogP) is 0.554. The van der Waals surface area contributed by atoms with Crippen LogP contribution in [0.1, 0.15) is 30.4 Å². The second-order valence-corrected chi connectivity index (χ2v) is 8.58. The molecule has 10 nitrogen and oxygen atoms in total. The van der Waals surface area contributed by atoms with E-state index in [0.29, 0.717) is 12.1 Å². The molecule has 1 aromatic rings.